The van der Waals surface area contributed by atoms with Crippen LogP contribution in [0, 0.1) is 33.5 Å². The Kier molecular flexibility index (Phi) is 29.7. The van der Waals surface area contributed by atoms with Gasteiger partial charge in [-0.2, -0.15) is 0 Å². The normalized spacial score (nSPS) is 12.0. The van der Waals surface area contributed by atoms with E-state index in [9.17, 15) is 0 Å². The molecular weight excluding hydrogens is 420 g/mol. The van der Waals surface area contributed by atoms with Crippen molar-refractivity contribution in [1.29, 1.82) is 0 Å². The van der Waals surface area contributed by atoms with E-state index in [-0.39, 0.29) is 7.43 Å². The fourth-order valence-electron chi connectivity index (χ4n) is 4.57. The van der Waals surface area contributed by atoms with Crippen LogP contribution in [0.5, 0.6) is 0 Å². The van der Waals surface area contributed by atoms with E-state index in [1.807, 2.05) is 0 Å². The zero-order valence-electron chi connectivity index (χ0n) is 28.2. The summed E-state index contributed by atoms with van der Waals surface area (Å²) in [6.07, 6.45) is 13.6. The van der Waals surface area contributed by atoms with E-state index < -0.39 is 0 Å². The maximum Gasteiger partial charge on any atom is -0.0354 e. The Balaban J connectivity index is -0.000000114. The maximum atomic E-state index is 2.32. The van der Waals surface area contributed by atoms with Gasteiger partial charge in [-0.25, -0.2) is 0 Å². The number of hydrogen-bond donors (Lipinski definition) is 0. The molecule has 220 valence electrons. The van der Waals surface area contributed by atoms with Crippen LogP contribution in [0.2, 0.25) is 0 Å². The molecule has 0 aliphatic rings. The Labute approximate surface area is 229 Å². The van der Waals surface area contributed by atoms with Crippen LogP contribution in [0.4, 0.5) is 0 Å². The second-order valence-corrected chi connectivity index (χ2v) is 15.7. The van der Waals surface area contributed by atoms with Crippen LogP contribution < -0.4 is 0 Å². The van der Waals surface area contributed by atoms with Gasteiger partial charge in [0.25, 0.3) is 0 Å². The molecule has 0 rings (SSSR count). The minimum absolute atomic E-state index is 0. The monoisotopic (exact) mass is 501 g/mol. The molecule has 0 heteroatoms. The first-order chi connectivity index (χ1) is 15.1. The summed E-state index contributed by atoms with van der Waals surface area (Å²) in [6.45, 7) is 41.2. The van der Waals surface area contributed by atoms with Gasteiger partial charge in [0.15, 0.2) is 0 Å². The molecule has 0 saturated carbocycles. The summed E-state index contributed by atoms with van der Waals surface area (Å²) in [5.41, 5.74) is 2.14. The van der Waals surface area contributed by atoms with Gasteiger partial charge in [0.1, 0.15) is 0 Å². The van der Waals surface area contributed by atoms with Gasteiger partial charge in [0.05, 0.1) is 0 Å². The molecule has 0 aromatic carbocycles. The number of rotatable bonds is 8. The van der Waals surface area contributed by atoms with E-state index in [0.717, 1.165) is 11.8 Å². The summed E-state index contributed by atoms with van der Waals surface area (Å²) in [5, 5.41) is 0. The first-order valence-electron chi connectivity index (χ1n) is 15.1. The highest BCUT2D eigenvalue weighted by atomic mass is 14.3. The van der Waals surface area contributed by atoms with E-state index in [1.54, 1.807) is 0 Å². The molecule has 0 saturated heterocycles. The van der Waals surface area contributed by atoms with Crippen LogP contribution in [0.3, 0.4) is 0 Å². The smallest absolute Gasteiger partial charge is 0.0354 e. The molecule has 0 spiro atoms. The SMILES string of the molecule is C.CC(C)CC(C)(C)C.CCC(CC)C(C)(C)C.CCCC(C)(C)C.CCCCCCC(C)(C)C. The molecule has 0 aromatic heterocycles. The Hall–Kier alpha value is 0. The predicted octanol–water partition coefficient (Wildman–Crippen LogP) is 14.0. The molecule has 35 heavy (non-hydrogen) atoms. The first-order valence-corrected chi connectivity index (χ1v) is 15.1. The minimum Gasteiger partial charge on any atom is -0.0776 e. The lowest BCUT2D eigenvalue weighted by Gasteiger charge is -2.28. The summed E-state index contributed by atoms with van der Waals surface area (Å²) in [4.78, 5) is 0. The zero-order valence-corrected chi connectivity index (χ0v) is 28.2. The molecular formula is C35H80. The highest BCUT2D eigenvalue weighted by Crippen LogP contribution is 2.30. The number of hydrogen-bond acceptors (Lipinski definition) is 0. The summed E-state index contributed by atoms with van der Waals surface area (Å²) < 4.78 is 0. The van der Waals surface area contributed by atoms with Gasteiger partial charge < -0.3 is 0 Å². The second kappa shape index (κ2) is 23.1. The lowest BCUT2D eigenvalue weighted by atomic mass is 9.78. The second-order valence-electron chi connectivity index (χ2n) is 15.7. The van der Waals surface area contributed by atoms with Gasteiger partial charge in [-0.1, -0.05) is 177 Å². The van der Waals surface area contributed by atoms with Crippen LogP contribution in [0.15, 0.2) is 0 Å². The molecule has 0 heterocycles. The average Bonchev–Trinajstić information content (AvgIpc) is 2.56. The third-order valence-corrected chi connectivity index (χ3v) is 6.01. The first kappa shape index (κ1) is 45.0. The van der Waals surface area contributed by atoms with Crippen molar-refractivity contribution in [3.63, 3.8) is 0 Å². The summed E-state index contributed by atoms with van der Waals surface area (Å²) in [7, 11) is 0. The summed E-state index contributed by atoms with van der Waals surface area (Å²) >= 11 is 0. The Morgan fingerprint density at radius 2 is 0.886 bits per heavy atom. The average molecular weight is 501 g/mol. The fraction of sp³-hybridized carbons (Fsp3) is 1.00. The van der Waals surface area contributed by atoms with Crippen molar-refractivity contribution in [3.05, 3.63) is 0 Å². The molecule has 0 N–H and O–H groups in total. The number of unbranched alkanes of at least 4 members (excludes halogenated alkanes) is 3. The minimum atomic E-state index is 0. The Bertz CT molecular complexity index is 382. The summed E-state index contributed by atoms with van der Waals surface area (Å²) in [5.74, 6) is 1.74. The highest BCUT2D eigenvalue weighted by molar-refractivity contribution is 4.70. The van der Waals surface area contributed by atoms with Gasteiger partial charge in [0, 0.05) is 0 Å². The molecule has 0 unspecified atom stereocenters. The molecule has 0 aliphatic heterocycles. The van der Waals surface area contributed by atoms with E-state index in [4.69, 9.17) is 0 Å². The van der Waals surface area contributed by atoms with Crippen LogP contribution in [0.25, 0.3) is 0 Å². The van der Waals surface area contributed by atoms with Gasteiger partial charge in [0.2, 0.25) is 0 Å². The molecule has 0 fully saturated rings. The highest BCUT2D eigenvalue weighted by Gasteiger charge is 2.20. The van der Waals surface area contributed by atoms with Crippen LogP contribution >= 0.6 is 0 Å². The van der Waals surface area contributed by atoms with Gasteiger partial charge in [-0.3, -0.25) is 0 Å². The van der Waals surface area contributed by atoms with Crippen LogP contribution in [0.1, 0.15) is 196 Å². The van der Waals surface area contributed by atoms with Crippen molar-refractivity contribution < 1.29 is 0 Å². The fourth-order valence-corrected chi connectivity index (χ4v) is 4.57. The maximum absolute atomic E-state index is 2.32. The quantitative estimate of drug-likeness (QED) is 0.291. The molecule has 0 bridgehead atoms. The molecule has 0 radical (unpaired) electrons. The predicted molar refractivity (Wildman–Crippen MR) is 172 cm³/mol. The van der Waals surface area contributed by atoms with Crippen molar-refractivity contribution in [3.8, 4) is 0 Å². The van der Waals surface area contributed by atoms with E-state index in [1.165, 1.54) is 64.2 Å². The largest absolute Gasteiger partial charge is 0.0776 e. The summed E-state index contributed by atoms with van der Waals surface area (Å²) in [6, 6.07) is 0. The van der Waals surface area contributed by atoms with Gasteiger partial charge in [-0.05, 0) is 52.8 Å². The van der Waals surface area contributed by atoms with Gasteiger partial charge >= 0.3 is 0 Å². The topological polar surface area (TPSA) is 0 Å². The third kappa shape index (κ3) is 51.5. The standard InChI is InChI=1S/C10H22.C9H20.C8H18.C7H16.CH4/c1-5-6-7-8-9-10(2,3)4;1-6-8(7-2)9(3,4)5;1-7(2)6-8(3,4)5;1-5-6-7(2,3)4;/h5-9H2,1-4H3;8H,6-7H2,1-5H3;7H,6H2,1-5H3;5-6H2,1-4H3;1H4. The van der Waals surface area contributed by atoms with Crippen molar-refractivity contribution in [2.75, 3.05) is 0 Å². The molecule has 0 aliphatic carbocycles. The van der Waals surface area contributed by atoms with Crippen LogP contribution in [-0.4, -0.2) is 0 Å². The van der Waals surface area contributed by atoms with Gasteiger partial charge in [-0.15, -0.1) is 0 Å². The van der Waals surface area contributed by atoms with E-state index >= 15 is 0 Å². The van der Waals surface area contributed by atoms with Crippen molar-refractivity contribution in [2.45, 2.75) is 196 Å². The molecule has 0 amide bonds. The molecule has 0 atom stereocenters. The molecule has 0 nitrogen and oxygen atoms in total. The lowest BCUT2D eigenvalue weighted by molar-refractivity contribution is 0.226. The Morgan fingerprint density at radius 1 is 0.486 bits per heavy atom. The lowest BCUT2D eigenvalue weighted by Crippen LogP contribution is -2.18. The van der Waals surface area contributed by atoms with Crippen molar-refractivity contribution in [2.24, 2.45) is 33.5 Å². The zero-order chi connectivity index (χ0) is 28.2. The van der Waals surface area contributed by atoms with E-state index in [2.05, 4.69) is 125 Å². The van der Waals surface area contributed by atoms with Crippen molar-refractivity contribution >= 4 is 0 Å². The van der Waals surface area contributed by atoms with Crippen LogP contribution in [-0.2, 0) is 0 Å². The third-order valence-electron chi connectivity index (χ3n) is 6.01. The van der Waals surface area contributed by atoms with E-state index in [0.29, 0.717) is 21.7 Å². The Morgan fingerprint density at radius 3 is 1.00 bits per heavy atom. The molecule has 0 aromatic rings. The van der Waals surface area contributed by atoms with Crippen molar-refractivity contribution in [1.82, 2.24) is 0 Å².